The Morgan fingerprint density at radius 2 is 1.69 bits per heavy atom. The number of alkyl halides is 3. The summed E-state index contributed by atoms with van der Waals surface area (Å²) in [4.78, 5) is 44.0. The van der Waals surface area contributed by atoms with Crippen LogP contribution in [0.4, 0.5) is 24.5 Å². The number of carbonyl (C=O) groups is 3. The van der Waals surface area contributed by atoms with Gasteiger partial charge < -0.3 is 10.1 Å². The number of benzene rings is 3. The molecular weight excluding hydrogens is 531 g/mol. The summed E-state index contributed by atoms with van der Waals surface area (Å²) in [6.07, 6.45) is -4.59. The van der Waals surface area contributed by atoms with Crippen molar-refractivity contribution in [2.75, 3.05) is 11.9 Å². The molecule has 1 N–H and O–H groups in total. The molecule has 3 aromatic carbocycles. The maximum atomic E-state index is 13.2. The van der Waals surface area contributed by atoms with Crippen molar-refractivity contribution < 1.29 is 32.3 Å². The molecule has 1 saturated heterocycles. The molecule has 4 rings (SSSR count). The number of ether oxygens (including phenoxy) is 1. The average molecular weight is 556 g/mol. The van der Waals surface area contributed by atoms with E-state index in [1.165, 1.54) is 29.2 Å². The van der Waals surface area contributed by atoms with E-state index in [0.29, 0.717) is 11.3 Å². The van der Waals surface area contributed by atoms with Gasteiger partial charge in [0.1, 0.15) is 5.25 Å². The number of hydrogen-bond donors (Lipinski definition) is 1. The van der Waals surface area contributed by atoms with E-state index in [0.717, 1.165) is 29.5 Å². The van der Waals surface area contributed by atoms with Gasteiger partial charge >= 0.3 is 12.1 Å². The summed E-state index contributed by atoms with van der Waals surface area (Å²) in [7, 11) is 0. The van der Waals surface area contributed by atoms with E-state index < -0.39 is 28.9 Å². The minimum absolute atomic E-state index is 0.101. The van der Waals surface area contributed by atoms with Crippen LogP contribution in [0.25, 0.3) is 0 Å². The SMILES string of the molecule is CCOC(=O)c1ccc(NC(=O)C2CC(=O)N(Cc3ccccc3)C(=Nc3ccc(C(F)(F)F)cc3)S2)cc1. The average Bonchev–Trinajstić information content (AvgIpc) is 2.91. The van der Waals surface area contributed by atoms with E-state index in [1.807, 2.05) is 30.3 Å². The molecule has 2 amide bonds. The van der Waals surface area contributed by atoms with Gasteiger partial charge in [0.05, 0.1) is 30.0 Å². The number of hydrogen-bond acceptors (Lipinski definition) is 6. The number of rotatable bonds is 7. The number of amidine groups is 1. The molecule has 7 nitrogen and oxygen atoms in total. The Hall–Kier alpha value is -4.12. The van der Waals surface area contributed by atoms with Crippen LogP contribution in [0, 0.1) is 0 Å². The van der Waals surface area contributed by atoms with Crippen molar-refractivity contribution in [1.29, 1.82) is 0 Å². The van der Waals surface area contributed by atoms with Crippen LogP contribution in [-0.4, -0.2) is 39.7 Å². The second-order valence-electron chi connectivity index (χ2n) is 8.50. The summed E-state index contributed by atoms with van der Waals surface area (Å²) in [6, 6.07) is 19.6. The zero-order valence-corrected chi connectivity index (χ0v) is 21.6. The number of nitrogens with one attached hydrogen (secondary N) is 1. The highest BCUT2D eigenvalue weighted by Gasteiger charge is 2.36. The van der Waals surface area contributed by atoms with Crippen LogP contribution >= 0.6 is 11.8 Å². The van der Waals surface area contributed by atoms with E-state index in [4.69, 9.17) is 4.74 Å². The van der Waals surface area contributed by atoms with E-state index in [9.17, 15) is 27.6 Å². The number of nitrogens with zero attached hydrogens (tertiary/aromatic N) is 2. The quantitative estimate of drug-likeness (QED) is 0.359. The highest BCUT2D eigenvalue weighted by atomic mass is 32.2. The van der Waals surface area contributed by atoms with Crippen LogP contribution in [0.15, 0.2) is 83.9 Å². The van der Waals surface area contributed by atoms with Gasteiger partial charge in [-0.15, -0.1) is 0 Å². The molecule has 0 bridgehead atoms. The Balaban J connectivity index is 1.55. The Bertz CT molecular complexity index is 1360. The predicted molar refractivity (Wildman–Crippen MR) is 143 cm³/mol. The van der Waals surface area contributed by atoms with Gasteiger partial charge in [-0.1, -0.05) is 42.1 Å². The number of halogens is 3. The lowest BCUT2D eigenvalue weighted by atomic mass is 10.2. The van der Waals surface area contributed by atoms with Crippen LogP contribution in [-0.2, 0) is 27.0 Å². The predicted octanol–water partition coefficient (Wildman–Crippen LogP) is 6.04. The van der Waals surface area contributed by atoms with E-state index in [1.54, 1.807) is 19.1 Å². The highest BCUT2D eigenvalue weighted by Crippen LogP contribution is 2.33. The first kappa shape index (κ1) is 27.9. The van der Waals surface area contributed by atoms with Gasteiger partial charge in [-0.05, 0) is 61.0 Å². The van der Waals surface area contributed by atoms with Crippen LogP contribution < -0.4 is 5.32 Å². The van der Waals surface area contributed by atoms with Gasteiger partial charge in [0, 0.05) is 12.1 Å². The third-order valence-corrected chi connectivity index (χ3v) is 6.89. The molecule has 0 radical (unpaired) electrons. The fourth-order valence-corrected chi connectivity index (χ4v) is 4.82. The maximum absolute atomic E-state index is 13.2. The molecule has 1 aliphatic heterocycles. The molecule has 11 heteroatoms. The van der Waals surface area contributed by atoms with Gasteiger partial charge in [0.15, 0.2) is 5.17 Å². The largest absolute Gasteiger partial charge is 0.462 e. The van der Waals surface area contributed by atoms with Crippen molar-refractivity contribution in [1.82, 2.24) is 4.90 Å². The van der Waals surface area contributed by atoms with Crippen molar-refractivity contribution in [3.63, 3.8) is 0 Å². The van der Waals surface area contributed by atoms with Gasteiger partial charge in [-0.2, -0.15) is 13.2 Å². The summed E-state index contributed by atoms with van der Waals surface area (Å²) in [5, 5.41) is 2.11. The minimum atomic E-state index is -4.49. The third-order valence-electron chi connectivity index (χ3n) is 5.70. The van der Waals surface area contributed by atoms with Crippen molar-refractivity contribution in [2.24, 2.45) is 4.99 Å². The standard InChI is InChI=1S/C28H24F3N3O4S/c1-2-38-26(37)19-8-12-21(13-9-19)32-25(36)23-16-24(35)34(17-18-6-4-3-5-7-18)27(39-23)33-22-14-10-20(11-15-22)28(29,30)31/h3-15,23H,2,16-17H2,1H3,(H,32,36). The molecule has 0 aromatic heterocycles. The van der Waals surface area contributed by atoms with Crippen LogP contribution in [0.3, 0.4) is 0 Å². The molecule has 39 heavy (non-hydrogen) atoms. The molecule has 0 saturated carbocycles. The zero-order valence-electron chi connectivity index (χ0n) is 20.8. The first-order valence-electron chi connectivity index (χ1n) is 12.0. The van der Waals surface area contributed by atoms with Crippen LogP contribution in [0.2, 0.25) is 0 Å². The maximum Gasteiger partial charge on any atom is 0.416 e. The fraction of sp³-hybridized carbons (Fsp3) is 0.214. The smallest absolute Gasteiger partial charge is 0.416 e. The highest BCUT2D eigenvalue weighted by molar-refractivity contribution is 8.15. The molecule has 0 aliphatic carbocycles. The first-order chi connectivity index (χ1) is 18.6. The van der Waals surface area contributed by atoms with Crippen molar-refractivity contribution in [3.8, 4) is 0 Å². The molecule has 202 valence electrons. The van der Waals surface area contributed by atoms with Gasteiger partial charge in [0.2, 0.25) is 11.8 Å². The molecule has 0 spiro atoms. The van der Waals surface area contributed by atoms with Crippen LogP contribution in [0.1, 0.15) is 34.8 Å². The Kier molecular flexibility index (Phi) is 8.70. The van der Waals surface area contributed by atoms with Gasteiger partial charge in [-0.25, -0.2) is 9.79 Å². The first-order valence-corrected chi connectivity index (χ1v) is 12.9. The second kappa shape index (κ2) is 12.2. The Morgan fingerprint density at radius 1 is 1.03 bits per heavy atom. The van der Waals surface area contributed by atoms with Crippen molar-refractivity contribution in [2.45, 2.75) is 31.3 Å². The molecule has 1 atom stereocenters. The summed E-state index contributed by atoms with van der Waals surface area (Å²) in [5.41, 5.74) is 0.989. The molecule has 3 aromatic rings. The molecule has 1 fully saturated rings. The molecule has 1 unspecified atom stereocenters. The lowest BCUT2D eigenvalue weighted by molar-refractivity contribution is -0.137. The lowest BCUT2D eigenvalue weighted by Gasteiger charge is -2.32. The summed E-state index contributed by atoms with van der Waals surface area (Å²) in [6.45, 7) is 2.13. The second-order valence-corrected chi connectivity index (χ2v) is 9.67. The normalized spacial score (nSPS) is 16.7. The fourth-order valence-electron chi connectivity index (χ4n) is 3.72. The number of anilines is 1. The Morgan fingerprint density at radius 3 is 2.31 bits per heavy atom. The Labute approximate surface area is 227 Å². The van der Waals surface area contributed by atoms with Gasteiger partial charge in [0.25, 0.3) is 0 Å². The number of amides is 2. The van der Waals surface area contributed by atoms with Crippen molar-refractivity contribution in [3.05, 3.63) is 95.6 Å². The zero-order chi connectivity index (χ0) is 28.0. The van der Waals surface area contributed by atoms with Crippen molar-refractivity contribution >= 4 is 46.1 Å². The number of thioether (sulfide) groups is 1. The lowest BCUT2D eigenvalue weighted by Crippen LogP contribution is -2.44. The molecule has 1 aliphatic rings. The van der Waals surface area contributed by atoms with E-state index in [2.05, 4.69) is 10.3 Å². The van der Waals surface area contributed by atoms with Gasteiger partial charge in [-0.3, -0.25) is 14.5 Å². The summed E-state index contributed by atoms with van der Waals surface area (Å²) in [5.74, 6) is -1.27. The van der Waals surface area contributed by atoms with E-state index in [-0.39, 0.29) is 36.3 Å². The third kappa shape index (κ3) is 7.26. The summed E-state index contributed by atoms with van der Waals surface area (Å²) < 4.78 is 43.9. The monoisotopic (exact) mass is 555 g/mol. The number of esters is 1. The summed E-state index contributed by atoms with van der Waals surface area (Å²) >= 11 is 1.06. The number of aliphatic imine (C=N–C) groups is 1. The van der Waals surface area contributed by atoms with E-state index >= 15 is 0 Å². The topological polar surface area (TPSA) is 88.1 Å². The number of carbonyl (C=O) groups excluding carboxylic acids is 3. The molecule has 1 heterocycles. The minimum Gasteiger partial charge on any atom is -0.462 e. The van der Waals surface area contributed by atoms with Crippen LogP contribution in [0.5, 0.6) is 0 Å². The molecular formula is C28H24F3N3O4S.